The SMILES string of the molecule is COc1cccc(C(=O)N2CCC[C@H]2c2nc(N(C)C)ncc2-c2cccc(Cl)c2)c1. The maximum Gasteiger partial charge on any atom is 0.254 e. The lowest BCUT2D eigenvalue weighted by Gasteiger charge is -2.27. The van der Waals surface area contributed by atoms with Crippen LogP contribution >= 0.6 is 11.6 Å². The van der Waals surface area contributed by atoms with Crippen molar-refractivity contribution in [3.63, 3.8) is 0 Å². The van der Waals surface area contributed by atoms with Crippen molar-refractivity contribution < 1.29 is 9.53 Å². The number of hydrogen-bond acceptors (Lipinski definition) is 5. The number of nitrogens with zero attached hydrogens (tertiary/aromatic N) is 4. The summed E-state index contributed by atoms with van der Waals surface area (Å²) in [4.78, 5) is 26.6. The van der Waals surface area contributed by atoms with E-state index in [-0.39, 0.29) is 11.9 Å². The van der Waals surface area contributed by atoms with Crippen molar-refractivity contribution in [3.05, 3.63) is 71.0 Å². The largest absolute Gasteiger partial charge is 0.497 e. The summed E-state index contributed by atoms with van der Waals surface area (Å²) in [7, 11) is 5.42. The van der Waals surface area contributed by atoms with Crippen molar-refractivity contribution in [2.45, 2.75) is 18.9 Å². The molecule has 160 valence electrons. The van der Waals surface area contributed by atoms with Gasteiger partial charge in [-0.3, -0.25) is 4.79 Å². The highest BCUT2D eigenvalue weighted by molar-refractivity contribution is 6.30. The fourth-order valence-corrected chi connectivity index (χ4v) is 4.14. The second kappa shape index (κ2) is 8.94. The third-order valence-electron chi connectivity index (χ3n) is 5.49. The fourth-order valence-electron chi connectivity index (χ4n) is 3.95. The van der Waals surface area contributed by atoms with E-state index in [4.69, 9.17) is 21.3 Å². The minimum atomic E-state index is -0.144. The van der Waals surface area contributed by atoms with Gasteiger partial charge >= 0.3 is 0 Å². The molecule has 6 nitrogen and oxygen atoms in total. The zero-order valence-electron chi connectivity index (χ0n) is 17.9. The minimum absolute atomic E-state index is 0.0246. The first-order valence-electron chi connectivity index (χ1n) is 10.2. The molecule has 1 saturated heterocycles. The van der Waals surface area contributed by atoms with Gasteiger partial charge in [-0.1, -0.05) is 29.8 Å². The first-order valence-corrected chi connectivity index (χ1v) is 10.6. The zero-order chi connectivity index (χ0) is 22.0. The fraction of sp³-hybridized carbons (Fsp3) is 0.292. The highest BCUT2D eigenvalue weighted by Gasteiger charge is 2.34. The molecule has 31 heavy (non-hydrogen) atoms. The van der Waals surface area contributed by atoms with Crippen molar-refractivity contribution in [3.8, 4) is 16.9 Å². The van der Waals surface area contributed by atoms with Gasteiger partial charge in [-0.25, -0.2) is 9.97 Å². The van der Waals surface area contributed by atoms with E-state index in [1.165, 1.54) is 0 Å². The number of likely N-dealkylation sites (tertiary alicyclic amines) is 1. The molecule has 1 amide bonds. The number of anilines is 1. The molecule has 0 spiro atoms. The van der Waals surface area contributed by atoms with Crippen molar-refractivity contribution in [1.82, 2.24) is 14.9 Å². The number of benzene rings is 2. The summed E-state index contributed by atoms with van der Waals surface area (Å²) in [6.07, 6.45) is 3.58. The number of halogens is 1. The second-order valence-corrected chi connectivity index (χ2v) is 8.20. The topological polar surface area (TPSA) is 58.6 Å². The Morgan fingerprint density at radius 2 is 2.00 bits per heavy atom. The van der Waals surface area contributed by atoms with Gasteiger partial charge in [-0.15, -0.1) is 0 Å². The Bertz CT molecular complexity index is 1100. The molecule has 2 heterocycles. The second-order valence-electron chi connectivity index (χ2n) is 7.76. The molecule has 1 aliphatic rings. The van der Waals surface area contributed by atoms with Crippen LogP contribution in [0, 0.1) is 0 Å². The number of methoxy groups -OCH3 is 1. The van der Waals surface area contributed by atoms with Gasteiger partial charge in [0, 0.05) is 43.0 Å². The van der Waals surface area contributed by atoms with Gasteiger partial charge in [0.1, 0.15) is 5.75 Å². The predicted octanol–water partition coefficient (Wildman–Crippen LogP) is 4.85. The number of ether oxygens (including phenoxy) is 1. The molecule has 0 aliphatic carbocycles. The molecule has 1 aliphatic heterocycles. The number of aromatic nitrogens is 2. The Hall–Kier alpha value is -3.12. The highest BCUT2D eigenvalue weighted by Crippen LogP contribution is 2.38. The lowest BCUT2D eigenvalue weighted by Crippen LogP contribution is -2.31. The molecular formula is C24H25ClN4O2. The summed E-state index contributed by atoms with van der Waals surface area (Å²) in [5.41, 5.74) is 3.28. The van der Waals surface area contributed by atoms with Crippen LogP contribution in [0.3, 0.4) is 0 Å². The Morgan fingerprint density at radius 3 is 2.74 bits per heavy atom. The lowest BCUT2D eigenvalue weighted by molar-refractivity contribution is 0.0733. The molecule has 0 bridgehead atoms. The van der Waals surface area contributed by atoms with E-state index in [9.17, 15) is 4.79 Å². The van der Waals surface area contributed by atoms with Gasteiger partial charge < -0.3 is 14.5 Å². The van der Waals surface area contributed by atoms with Crippen LogP contribution in [0.1, 0.15) is 34.9 Å². The van der Waals surface area contributed by atoms with E-state index in [2.05, 4.69) is 4.98 Å². The van der Waals surface area contributed by atoms with Crippen LogP contribution in [0.25, 0.3) is 11.1 Å². The third kappa shape index (κ3) is 4.35. The van der Waals surface area contributed by atoms with Crippen LogP contribution in [0.15, 0.2) is 54.7 Å². The third-order valence-corrected chi connectivity index (χ3v) is 5.72. The van der Waals surface area contributed by atoms with Crippen molar-refractivity contribution in [1.29, 1.82) is 0 Å². The van der Waals surface area contributed by atoms with Gasteiger partial charge in [0.25, 0.3) is 5.91 Å². The number of hydrogen-bond donors (Lipinski definition) is 0. The van der Waals surface area contributed by atoms with E-state index in [1.54, 1.807) is 13.2 Å². The van der Waals surface area contributed by atoms with Gasteiger partial charge in [0.2, 0.25) is 5.95 Å². The lowest BCUT2D eigenvalue weighted by atomic mass is 9.99. The molecule has 0 N–H and O–H groups in total. The monoisotopic (exact) mass is 436 g/mol. The van der Waals surface area contributed by atoms with Crippen LogP contribution < -0.4 is 9.64 Å². The average Bonchev–Trinajstić information content (AvgIpc) is 3.28. The smallest absolute Gasteiger partial charge is 0.254 e. The van der Waals surface area contributed by atoms with Crippen LogP contribution in [0.2, 0.25) is 5.02 Å². The van der Waals surface area contributed by atoms with Crippen molar-refractivity contribution >= 4 is 23.5 Å². The molecule has 2 aromatic carbocycles. The first kappa shape index (κ1) is 21.1. The summed E-state index contributed by atoms with van der Waals surface area (Å²) in [5, 5.41) is 0.649. The standard InChI is InChI=1S/C24H25ClN4O2/c1-28(2)24-26-15-20(16-7-4-9-18(25)13-16)22(27-24)21-11-6-12-29(21)23(30)17-8-5-10-19(14-17)31-3/h4-5,7-10,13-15,21H,6,11-12H2,1-3H3/t21-/m0/s1. The molecule has 7 heteroatoms. The quantitative estimate of drug-likeness (QED) is 0.572. The minimum Gasteiger partial charge on any atom is -0.497 e. The average molecular weight is 437 g/mol. The molecule has 3 aromatic rings. The molecular weight excluding hydrogens is 412 g/mol. The number of amides is 1. The summed E-state index contributed by atoms with van der Waals surface area (Å²) in [6.45, 7) is 0.678. The number of carbonyl (C=O) groups excluding carboxylic acids is 1. The molecule has 0 saturated carbocycles. The molecule has 0 unspecified atom stereocenters. The Morgan fingerprint density at radius 1 is 1.19 bits per heavy atom. The number of carbonyl (C=O) groups is 1. The van der Waals surface area contributed by atoms with Gasteiger partial charge in [0.15, 0.2) is 0 Å². The molecule has 1 aromatic heterocycles. The van der Waals surface area contributed by atoms with E-state index in [0.29, 0.717) is 28.8 Å². The molecule has 1 atom stereocenters. The van der Waals surface area contributed by atoms with E-state index >= 15 is 0 Å². The van der Waals surface area contributed by atoms with Crippen LogP contribution in [0.4, 0.5) is 5.95 Å². The zero-order valence-corrected chi connectivity index (χ0v) is 18.6. The van der Waals surface area contributed by atoms with Crippen LogP contribution in [-0.4, -0.2) is 48.5 Å². The first-order chi connectivity index (χ1) is 15.0. The summed E-state index contributed by atoms with van der Waals surface area (Å²) in [6, 6.07) is 14.8. The van der Waals surface area contributed by atoms with Crippen molar-refractivity contribution in [2.75, 3.05) is 32.6 Å². The summed E-state index contributed by atoms with van der Waals surface area (Å²) < 4.78 is 5.30. The summed E-state index contributed by atoms with van der Waals surface area (Å²) >= 11 is 6.25. The Balaban J connectivity index is 1.77. The van der Waals surface area contributed by atoms with Crippen molar-refractivity contribution in [2.24, 2.45) is 0 Å². The molecule has 1 fully saturated rings. The molecule has 4 rings (SSSR count). The maximum atomic E-state index is 13.4. The van der Waals surface area contributed by atoms with Crippen LogP contribution in [0.5, 0.6) is 5.75 Å². The molecule has 0 radical (unpaired) electrons. The number of rotatable bonds is 5. The van der Waals surface area contributed by atoms with Gasteiger partial charge in [-0.2, -0.15) is 0 Å². The van der Waals surface area contributed by atoms with Gasteiger partial charge in [-0.05, 0) is 48.7 Å². The highest BCUT2D eigenvalue weighted by atomic mass is 35.5. The summed E-state index contributed by atoms with van der Waals surface area (Å²) in [5.74, 6) is 1.25. The Labute approximate surface area is 187 Å². The van der Waals surface area contributed by atoms with Crippen LogP contribution in [-0.2, 0) is 0 Å². The van der Waals surface area contributed by atoms with E-state index < -0.39 is 0 Å². The van der Waals surface area contributed by atoms with Gasteiger partial charge in [0.05, 0.1) is 18.8 Å². The van der Waals surface area contributed by atoms with E-state index in [0.717, 1.165) is 29.7 Å². The van der Waals surface area contributed by atoms with E-state index in [1.807, 2.05) is 72.6 Å². The maximum absolute atomic E-state index is 13.4. The normalized spacial score (nSPS) is 15.7. The predicted molar refractivity (Wildman–Crippen MR) is 123 cm³/mol. The Kier molecular flexibility index (Phi) is 6.09.